The zero-order chi connectivity index (χ0) is 14.1. The first-order valence-corrected chi connectivity index (χ1v) is 8.04. The average Bonchev–Trinajstić information content (AvgIpc) is 2.48. The maximum absolute atomic E-state index is 6.68. The third-order valence-corrected chi connectivity index (χ3v) is 4.86. The van der Waals surface area contributed by atoms with E-state index < -0.39 is 0 Å². The maximum atomic E-state index is 6.68. The van der Waals surface area contributed by atoms with Gasteiger partial charge in [-0.25, -0.2) is 0 Å². The molecular weight excluding hydrogens is 336 g/mol. The van der Waals surface area contributed by atoms with E-state index in [2.05, 4.69) is 53.2 Å². The van der Waals surface area contributed by atoms with E-state index in [1.807, 2.05) is 6.07 Å². The fourth-order valence-electron chi connectivity index (χ4n) is 2.57. The summed E-state index contributed by atoms with van der Waals surface area (Å²) in [5, 5.41) is -0.142. The van der Waals surface area contributed by atoms with Crippen molar-refractivity contribution in [3.05, 3.63) is 63.1 Å². The minimum atomic E-state index is -0.142. The topological polar surface area (TPSA) is 9.23 Å². The molecule has 0 saturated heterocycles. The Morgan fingerprint density at radius 1 is 1.20 bits per heavy atom. The van der Waals surface area contributed by atoms with Crippen molar-refractivity contribution in [3.63, 3.8) is 0 Å². The average molecular weight is 352 g/mol. The molecule has 0 spiro atoms. The second-order valence-corrected chi connectivity index (χ2v) is 6.50. The summed E-state index contributed by atoms with van der Waals surface area (Å²) in [4.78, 5) is 0. The summed E-state index contributed by atoms with van der Waals surface area (Å²) < 4.78 is 6.71. The molecule has 0 aromatic heterocycles. The van der Waals surface area contributed by atoms with Crippen LogP contribution in [0.1, 0.15) is 34.1 Å². The molecule has 104 valence electrons. The van der Waals surface area contributed by atoms with Gasteiger partial charge in [0.1, 0.15) is 5.75 Å². The molecule has 0 N–H and O–H groups in total. The van der Waals surface area contributed by atoms with Crippen LogP contribution in [0, 0.1) is 6.92 Å². The Bertz CT molecular complexity index is 639. The molecule has 0 radical (unpaired) electrons. The highest BCUT2D eigenvalue weighted by Crippen LogP contribution is 2.37. The SMILES string of the molecule is Cc1ccc(Br)c(C(Cl)c2ccc3c(c2)CCCO3)c1. The van der Waals surface area contributed by atoms with Crippen molar-refractivity contribution in [3.8, 4) is 5.75 Å². The molecule has 1 aliphatic rings. The van der Waals surface area contributed by atoms with E-state index in [4.69, 9.17) is 16.3 Å². The van der Waals surface area contributed by atoms with E-state index in [9.17, 15) is 0 Å². The molecule has 1 aliphatic heterocycles. The third-order valence-electron chi connectivity index (χ3n) is 3.65. The van der Waals surface area contributed by atoms with Gasteiger partial charge in [0.2, 0.25) is 0 Å². The summed E-state index contributed by atoms with van der Waals surface area (Å²) in [5.41, 5.74) is 4.73. The van der Waals surface area contributed by atoms with Crippen molar-refractivity contribution < 1.29 is 4.74 Å². The second-order valence-electron chi connectivity index (χ2n) is 5.21. The summed E-state index contributed by atoms with van der Waals surface area (Å²) >= 11 is 10.3. The van der Waals surface area contributed by atoms with Gasteiger partial charge in [-0.1, -0.05) is 45.8 Å². The molecule has 20 heavy (non-hydrogen) atoms. The number of rotatable bonds is 2. The number of ether oxygens (including phenoxy) is 1. The molecule has 0 amide bonds. The molecule has 1 atom stereocenters. The summed E-state index contributed by atoms with van der Waals surface area (Å²) in [5.74, 6) is 1.01. The Balaban J connectivity index is 1.97. The van der Waals surface area contributed by atoms with E-state index in [0.29, 0.717) is 0 Å². The molecule has 1 unspecified atom stereocenters. The Labute approximate surface area is 133 Å². The highest BCUT2D eigenvalue weighted by Gasteiger charge is 2.17. The molecule has 3 heteroatoms. The van der Waals surface area contributed by atoms with Crippen molar-refractivity contribution in [2.75, 3.05) is 6.61 Å². The Morgan fingerprint density at radius 3 is 2.90 bits per heavy atom. The first-order chi connectivity index (χ1) is 9.65. The molecule has 0 fully saturated rings. The normalized spacial score (nSPS) is 15.3. The molecule has 0 bridgehead atoms. The van der Waals surface area contributed by atoms with Crippen LogP contribution in [0.3, 0.4) is 0 Å². The van der Waals surface area contributed by atoms with Crippen LogP contribution in [0.4, 0.5) is 0 Å². The van der Waals surface area contributed by atoms with Gasteiger partial charge in [0.05, 0.1) is 12.0 Å². The molecule has 3 rings (SSSR count). The zero-order valence-electron chi connectivity index (χ0n) is 11.3. The van der Waals surface area contributed by atoms with Gasteiger partial charge in [0, 0.05) is 4.47 Å². The predicted molar refractivity (Wildman–Crippen MR) is 86.8 cm³/mol. The largest absolute Gasteiger partial charge is 0.493 e. The van der Waals surface area contributed by atoms with Crippen molar-refractivity contribution in [1.82, 2.24) is 0 Å². The monoisotopic (exact) mass is 350 g/mol. The van der Waals surface area contributed by atoms with Gasteiger partial charge < -0.3 is 4.74 Å². The van der Waals surface area contributed by atoms with E-state index in [1.165, 1.54) is 11.1 Å². The Kier molecular flexibility index (Phi) is 4.04. The fourth-order valence-corrected chi connectivity index (χ4v) is 3.50. The number of fused-ring (bicyclic) bond motifs is 1. The van der Waals surface area contributed by atoms with Crippen molar-refractivity contribution in [1.29, 1.82) is 0 Å². The molecule has 2 aromatic carbocycles. The van der Waals surface area contributed by atoms with Crippen LogP contribution >= 0.6 is 27.5 Å². The molecule has 1 heterocycles. The lowest BCUT2D eigenvalue weighted by molar-refractivity contribution is 0.288. The van der Waals surface area contributed by atoms with Gasteiger partial charge in [-0.15, -0.1) is 11.6 Å². The number of hydrogen-bond donors (Lipinski definition) is 0. The lowest BCUT2D eigenvalue weighted by Crippen LogP contribution is -2.09. The van der Waals surface area contributed by atoms with Gasteiger partial charge in [-0.05, 0) is 48.6 Å². The summed E-state index contributed by atoms with van der Waals surface area (Å²) in [6.45, 7) is 2.90. The highest BCUT2D eigenvalue weighted by atomic mass is 79.9. The number of halogens is 2. The van der Waals surface area contributed by atoms with Gasteiger partial charge >= 0.3 is 0 Å². The molecule has 1 nitrogen and oxygen atoms in total. The second kappa shape index (κ2) is 5.79. The fraction of sp³-hybridized carbons (Fsp3) is 0.294. The number of hydrogen-bond acceptors (Lipinski definition) is 1. The van der Waals surface area contributed by atoms with Crippen LogP contribution in [0.2, 0.25) is 0 Å². The lowest BCUT2D eigenvalue weighted by Gasteiger charge is -2.20. The minimum Gasteiger partial charge on any atom is -0.493 e. The van der Waals surface area contributed by atoms with Crippen LogP contribution in [0.15, 0.2) is 40.9 Å². The predicted octanol–water partition coefficient (Wildman–Crippen LogP) is 5.41. The van der Waals surface area contributed by atoms with E-state index in [-0.39, 0.29) is 5.38 Å². The van der Waals surface area contributed by atoms with Gasteiger partial charge in [0.25, 0.3) is 0 Å². The van der Waals surface area contributed by atoms with Crippen LogP contribution in [-0.4, -0.2) is 6.61 Å². The quantitative estimate of drug-likeness (QED) is 0.657. The number of benzene rings is 2. The lowest BCUT2D eigenvalue weighted by atomic mass is 9.98. The molecule has 0 saturated carbocycles. The van der Waals surface area contributed by atoms with Crippen molar-refractivity contribution in [2.45, 2.75) is 25.1 Å². The maximum Gasteiger partial charge on any atom is 0.122 e. The molecular formula is C17H16BrClO. The van der Waals surface area contributed by atoms with Crippen molar-refractivity contribution in [2.24, 2.45) is 0 Å². The first kappa shape index (κ1) is 14.0. The molecule has 2 aromatic rings. The van der Waals surface area contributed by atoms with Crippen LogP contribution in [0.5, 0.6) is 5.75 Å². The summed E-state index contributed by atoms with van der Waals surface area (Å²) in [6, 6.07) is 12.6. The van der Waals surface area contributed by atoms with Crippen LogP contribution in [-0.2, 0) is 6.42 Å². The highest BCUT2D eigenvalue weighted by molar-refractivity contribution is 9.10. The van der Waals surface area contributed by atoms with Gasteiger partial charge in [0.15, 0.2) is 0 Å². The van der Waals surface area contributed by atoms with Crippen molar-refractivity contribution >= 4 is 27.5 Å². The third kappa shape index (κ3) is 2.72. The van der Waals surface area contributed by atoms with Crippen LogP contribution < -0.4 is 4.74 Å². The summed E-state index contributed by atoms with van der Waals surface area (Å²) in [7, 11) is 0. The first-order valence-electron chi connectivity index (χ1n) is 6.81. The van der Waals surface area contributed by atoms with E-state index in [0.717, 1.165) is 40.8 Å². The number of aryl methyl sites for hydroxylation is 2. The Morgan fingerprint density at radius 2 is 2.05 bits per heavy atom. The Hall–Kier alpha value is -0.990. The van der Waals surface area contributed by atoms with Crippen LogP contribution in [0.25, 0.3) is 0 Å². The molecule has 0 aliphatic carbocycles. The van der Waals surface area contributed by atoms with Gasteiger partial charge in [-0.3, -0.25) is 0 Å². The minimum absolute atomic E-state index is 0.142. The van der Waals surface area contributed by atoms with Gasteiger partial charge in [-0.2, -0.15) is 0 Å². The standard InChI is InChI=1S/C17H16BrClO/c1-11-4-6-15(18)14(9-11)17(19)13-5-7-16-12(10-13)3-2-8-20-16/h4-7,9-10,17H,2-3,8H2,1H3. The smallest absolute Gasteiger partial charge is 0.122 e. The zero-order valence-corrected chi connectivity index (χ0v) is 13.7. The van der Waals surface area contributed by atoms with E-state index in [1.54, 1.807) is 0 Å². The summed E-state index contributed by atoms with van der Waals surface area (Å²) in [6.07, 6.45) is 2.15. The van der Waals surface area contributed by atoms with E-state index >= 15 is 0 Å². The number of alkyl halides is 1.